The molecule has 1 amide bonds. The monoisotopic (exact) mass is 352 g/mol. The van der Waals surface area contributed by atoms with Crippen molar-refractivity contribution >= 4 is 5.91 Å². The second-order valence-corrected chi connectivity index (χ2v) is 10.1. The first kappa shape index (κ1) is 16.8. The molecule has 1 aromatic heterocycles. The van der Waals surface area contributed by atoms with E-state index >= 15 is 0 Å². The number of rotatable bonds is 1. The number of carbonyl (C=O) groups excluding carboxylic acids is 1. The van der Waals surface area contributed by atoms with Gasteiger partial charge in [0, 0.05) is 12.2 Å². The number of piperidine rings is 1. The van der Waals surface area contributed by atoms with Gasteiger partial charge in [0.05, 0.1) is 11.6 Å². The van der Waals surface area contributed by atoms with Crippen molar-refractivity contribution in [1.29, 1.82) is 0 Å². The first-order chi connectivity index (χ1) is 12.5. The molecule has 1 aliphatic heterocycles. The van der Waals surface area contributed by atoms with Crippen LogP contribution in [-0.2, 0) is 4.79 Å². The molecule has 5 rings (SSSR count). The molecule has 0 bridgehead atoms. The summed E-state index contributed by atoms with van der Waals surface area (Å²) in [6.07, 6.45) is 12.3. The molecule has 1 aromatic rings. The Morgan fingerprint density at radius 3 is 2.77 bits per heavy atom. The van der Waals surface area contributed by atoms with Crippen molar-refractivity contribution in [3.8, 4) is 0 Å². The van der Waals surface area contributed by atoms with Gasteiger partial charge < -0.3 is 5.32 Å². The molecule has 0 spiro atoms. The molecule has 26 heavy (non-hydrogen) atoms. The largest absolute Gasteiger partial charge is 0.352 e. The Balaban J connectivity index is 1.47. The molecule has 3 aliphatic carbocycles. The first-order valence-electron chi connectivity index (χ1n) is 10.7. The van der Waals surface area contributed by atoms with Crippen LogP contribution in [0, 0.1) is 28.6 Å². The molecule has 4 fully saturated rings. The van der Waals surface area contributed by atoms with Crippen LogP contribution in [0.25, 0.3) is 0 Å². The van der Waals surface area contributed by atoms with Gasteiger partial charge >= 0.3 is 0 Å². The topological polar surface area (TPSA) is 42.0 Å². The third-order valence-corrected chi connectivity index (χ3v) is 8.97. The maximum atomic E-state index is 12.8. The zero-order chi connectivity index (χ0) is 17.9. The maximum Gasteiger partial charge on any atom is 0.229 e. The summed E-state index contributed by atoms with van der Waals surface area (Å²) in [5.41, 5.74) is 1.78. The number of pyridine rings is 1. The number of nitrogens with one attached hydrogen (secondary N) is 1. The lowest BCUT2D eigenvalue weighted by atomic mass is 9.47. The Morgan fingerprint density at radius 2 is 1.96 bits per heavy atom. The molecule has 0 radical (unpaired) electrons. The van der Waals surface area contributed by atoms with Gasteiger partial charge in [-0.1, -0.05) is 26.3 Å². The number of carbonyl (C=O) groups is 1. The van der Waals surface area contributed by atoms with Gasteiger partial charge in [-0.05, 0) is 85.7 Å². The molecule has 3 nitrogen and oxygen atoms in total. The van der Waals surface area contributed by atoms with Crippen LogP contribution in [0.15, 0.2) is 24.4 Å². The molecule has 3 saturated carbocycles. The van der Waals surface area contributed by atoms with Crippen LogP contribution in [0.5, 0.6) is 0 Å². The molecular weight excluding hydrogens is 320 g/mol. The average molecular weight is 353 g/mol. The fourth-order valence-electron chi connectivity index (χ4n) is 7.61. The highest BCUT2D eigenvalue weighted by Crippen LogP contribution is 2.64. The SMILES string of the molecule is C[C@@]12CCC[C@H]1[C@@H]1CC[C@H]3NC(=O)C(c4ccccn4)C[C@]3(C)[C@H]1CC2. The molecular formula is C23H32N2O. The summed E-state index contributed by atoms with van der Waals surface area (Å²) in [5.74, 6) is 2.69. The fraction of sp³-hybridized carbons (Fsp3) is 0.739. The lowest BCUT2D eigenvalue weighted by Crippen LogP contribution is -2.62. The van der Waals surface area contributed by atoms with Gasteiger partial charge in [0.25, 0.3) is 0 Å². The summed E-state index contributed by atoms with van der Waals surface area (Å²) >= 11 is 0. The van der Waals surface area contributed by atoms with Crippen molar-refractivity contribution in [3.63, 3.8) is 0 Å². The van der Waals surface area contributed by atoms with E-state index in [1.165, 1.54) is 44.9 Å². The number of amides is 1. The standard InChI is InChI=1S/C23H32N2O/c1-22-11-5-6-17(22)15-8-9-20-23(2,18(15)10-12-22)14-16(21(26)25-20)19-7-3-4-13-24-19/h3-4,7,13,15-18,20H,5-6,8-12,14H2,1-2H3,(H,25,26)/t15-,16?,17-,18-,20+,22-,23+/m0/s1. The Bertz CT molecular complexity index is 703. The van der Waals surface area contributed by atoms with Crippen molar-refractivity contribution < 1.29 is 4.79 Å². The quantitative estimate of drug-likeness (QED) is 0.797. The van der Waals surface area contributed by atoms with E-state index in [4.69, 9.17) is 0 Å². The van der Waals surface area contributed by atoms with E-state index in [0.29, 0.717) is 11.5 Å². The minimum atomic E-state index is -0.0758. The van der Waals surface area contributed by atoms with E-state index in [0.717, 1.165) is 29.9 Å². The van der Waals surface area contributed by atoms with Crippen LogP contribution >= 0.6 is 0 Å². The van der Waals surface area contributed by atoms with Crippen LogP contribution < -0.4 is 5.32 Å². The highest BCUT2D eigenvalue weighted by molar-refractivity contribution is 5.84. The number of nitrogens with zero attached hydrogens (tertiary/aromatic N) is 1. The van der Waals surface area contributed by atoms with Crippen LogP contribution in [-0.4, -0.2) is 16.9 Å². The predicted molar refractivity (Wildman–Crippen MR) is 103 cm³/mol. The Labute approximate surface area is 157 Å². The Morgan fingerprint density at radius 1 is 1.08 bits per heavy atom. The van der Waals surface area contributed by atoms with Gasteiger partial charge in [-0.25, -0.2) is 0 Å². The van der Waals surface area contributed by atoms with Gasteiger partial charge in [0.15, 0.2) is 0 Å². The highest BCUT2D eigenvalue weighted by Gasteiger charge is 2.59. The van der Waals surface area contributed by atoms with E-state index in [1.54, 1.807) is 0 Å². The summed E-state index contributed by atoms with van der Waals surface area (Å²) in [7, 11) is 0. The van der Waals surface area contributed by atoms with Gasteiger partial charge in [-0.2, -0.15) is 0 Å². The molecule has 1 unspecified atom stereocenters. The molecule has 2 heterocycles. The lowest BCUT2D eigenvalue weighted by Gasteiger charge is -2.60. The normalized spacial score (nSPS) is 47.5. The number of hydrogen-bond acceptors (Lipinski definition) is 2. The van der Waals surface area contributed by atoms with E-state index in [-0.39, 0.29) is 17.2 Å². The number of aromatic nitrogens is 1. The van der Waals surface area contributed by atoms with E-state index in [2.05, 4.69) is 24.1 Å². The maximum absolute atomic E-state index is 12.8. The van der Waals surface area contributed by atoms with E-state index < -0.39 is 0 Å². The third kappa shape index (κ3) is 2.31. The summed E-state index contributed by atoms with van der Waals surface area (Å²) in [6.45, 7) is 5.05. The minimum Gasteiger partial charge on any atom is -0.352 e. The zero-order valence-corrected chi connectivity index (χ0v) is 16.2. The van der Waals surface area contributed by atoms with Crippen LogP contribution in [0.4, 0.5) is 0 Å². The smallest absolute Gasteiger partial charge is 0.229 e. The van der Waals surface area contributed by atoms with Crippen LogP contribution in [0.1, 0.15) is 76.8 Å². The molecule has 0 aromatic carbocycles. The van der Waals surface area contributed by atoms with Crippen LogP contribution in [0.2, 0.25) is 0 Å². The molecule has 7 atom stereocenters. The van der Waals surface area contributed by atoms with Crippen LogP contribution in [0.3, 0.4) is 0 Å². The van der Waals surface area contributed by atoms with Crippen molar-refractivity contribution in [2.75, 3.05) is 0 Å². The summed E-state index contributed by atoms with van der Waals surface area (Å²) in [4.78, 5) is 17.4. The second-order valence-electron chi connectivity index (χ2n) is 10.1. The van der Waals surface area contributed by atoms with Gasteiger partial charge in [-0.15, -0.1) is 0 Å². The lowest BCUT2D eigenvalue weighted by molar-refractivity contribution is -0.138. The molecule has 3 heteroatoms. The Kier molecular flexibility index (Phi) is 3.75. The summed E-state index contributed by atoms with van der Waals surface area (Å²) in [6, 6.07) is 6.34. The average Bonchev–Trinajstić information content (AvgIpc) is 3.04. The number of hydrogen-bond donors (Lipinski definition) is 1. The third-order valence-electron chi connectivity index (χ3n) is 8.97. The molecule has 1 N–H and O–H groups in total. The second kappa shape index (κ2) is 5.81. The van der Waals surface area contributed by atoms with E-state index in [1.807, 2.05) is 24.4 Å². The number of fused-ring (bicyclic) bond motifs is 5. The fourth-order valence-corrected chi connectivity index (χ4v) is 7.61. The van der Waals surface area contributed by atoms with Crippen molar-refractivity contribution in [2.45, 2.75) is 77.2 Å². The van der Waals surface area contributed by atoms with Gasteiger partial charge in [0.2, 0.25) is 5.91 Å². The summed E-state index contributed by atoms with van der Waals surface area (Å²) < 4.78 is 0. The summed E-state index contributed by atoms with van der Waals surface area (Å²) in [5, 5.41) is 3.43. The molecule has 4 aliphatic rings. The molecule has 140 valence electrons. The van der Waals surface area contributed by atoms with Crippen molar-refractivity contribution in [3.05, 3.63) is 30.1 Å². The first-order valence-corrected chi connectivity index (χ1v) is 10.7. The highest BCUT2D eigenvalue weighted by atomic mass is 16.2. The zero-order valence-electron chi connectivity index (χ0n) is 16.2. The minimum absolute atomic E-state index is 0.0758. The van der Waals surface area contributed by atoms with Crippen molar-refractivity contribution in [2.24, 2.45) is 28.6 Å². The Hall–Kier alpha value is -1.38. The van der Waals surface area contributed by atoms with Gasteiger partial charge in [0.1, 0.15) is 0 Å². The molecule has 1 saturated heterocycles. The van der Waals surface area contributed by atoms with Crippen molar-refractivity contribution in [1.82, 2.24) is 10.3 Å². The van der Waals surface area contributed by atoms with Gasteiger partial charge in [-0.3, -0.25) is 9.78 Å². The van der Waals surface area contributed by atoms with E-state index in [9.17, 15) is 4.79 Å². The predicted octanol–water partition coefficient (Wildman–Crippen LogP) is 4.69.